The standard InChI is InChI=1S/C16H20N2O3/c1-11-10-21-13(9-19)8-18(11)16(20)6-12-7-17-15-5-3-2-4-14(12)15/h2-5,7,11,13,17,19H,6,8-10H2,1H3. The molecular formula is C16H20N2O3. The van der Waals surface area contributed by atoms with E-state index in [4.69, 9.17) is 4.74 Å². The third kappa shape index (κ3) is 2.80. The lowest BCUT2D eigenvalue weighted by Gasteiger charge is -2.37. The number of para-hydroxylation sites is 1. The van der Waals surface area contributed by atoms with Crippen molar-refractivity contribution in [1.82, 2.24) is 9.88 Å². The Balaban J connectivity index is 1.76. The fourth-order valence-corrected chi connectivity index (χ4v) is 2.82. The topological polar surface area (TPSA) is 65.6 Å². The fourth-order valence-electron chi connectivity index (χ4n) is 2.82. The quantitative estimate of drug-likeness (QED) is 0.895. The zero-order chi connectivity index (χ0) is 14.8. The van der Waals surface area contributed by atoms with Crippen molar-refractivity contribution in [3.8, 4) is 0 Å². The van der Waals surface area contributed by atoms with Gasteiger partial charge in [-0.15, -0.1) is 0 Å². The molecule has 1 aliphatic heterocycles. The number of fused-ring (bicyclic) bond motifs is 1. The highest BCUT2D eigenvalue weighted by atomic mass is 16.5. The number of rotatable bonds is 3. The van der Waals surface area contributed by atoms with Crippen molar-refractivity contribution in [1.29, 1.82) is 0 Å². The number of aromatic amines is 1. The van der Waals surface area contributed by atoms with Gasteiger partial charge in [0.15, 0.2) is 0 Å². The summed E-state index contributed by atoms with van der Waals surface area (Å²) in [6, 6.07) is 8.02. The first-order chi connectivity index (χ1) is 10.2. The molecular weight excluding hydrogens is 268 g/mol. The van der Waals surface area contributed by atoms with Crippen molar-refractivity contribution < 1.29 is 14.6 Å². The first-order valence-corrected chi connectivity index (χ1v) is 7.26. The van der Waals surface area contributed by atoms with E-state index in [0.717, 1.165) is 16.5 Å². The van der Waals surface area contributed by atoms with Crippen molar-refractivity contribution >= 4 is 16.8 Å². The maximum atomic E-state index is 12.6. The number of carbonyl (C=O) groups excluding carboxylic acids is 1. The SMILES string of the molecule is CC1COC(CO)CN1C(=O)Cc1c[nH]c2ccccc12. The number of H-pyrrole nitrogens is 1. The number of aliphatic hydroxyl groups is 1. The van der Waals surface area contributed by atoms with Crippen LogP contribution in [0.3, 0.4) is 0 Å². The molecule has 2 aromatic rings. The number of nitrogens with zero attached hydrogens (tertiary/aromatic N) is 1. The minimum atomic E-state index is -0.270. The Kier molecular flexibility index (Phi) is 3.94. The first-order valence-electron chi connectivity index (χ1n) is 7.26. The molecule has 0 spiro atoms. The van der Waals surface area contributed by atoms with Gasteiger partial charge < -0.3 is 19.7 Å². The lowest BCUT2D eigenvalue weighted by molar-refractivity contribution is -0.145. The number of amides is 1. The second-order valence-corrected chi connectivity index (χ2v) is 5.57. The maximum Gasteiger partial charge on any atom is 0.227 e. The molecule has 0 saturated carbocycles. The molecule has 5 heteroatoms. The number of benzene rings is 1. The zero-order valence-corrected chi connectivity index (χ0v) is 12.1. The number of aliphatic hydroxyl groups excluding tert-OH is 1. The number of morpholine rings is 1. The number of aromatic nitrogens is 1. The van der Waals surface area contributed by atoms with Crippen LogP contribution in [-0.4, -0.2) is 52.8 Å². The van der Waals surface area contributed by atoms with Crippen LogP contribution in [0.1, 0.15) is 12.5 Å². The number of carbonyl (C=O) groups is 1. The number of hydrogen-bond donors (Lipinski definition) is 2. The van der Waals surface area contributed by atoms with Gasteiger partial charge in [0, 0.05) is 23.6 Å². The molecule has 1 aliphatic rings. The summed E-state index contributed by atoms with van der Waals surface area (Å²) in [6.07, 6.45) is 2.00. The minimum absolute atomic E-state index is 0.0468. The lowest BCUT2D eigenvalue weighted by Crippen LogP contribution is -2.52. The van der Waals surface area contributed by atoms with Crippen LogP contribution in [0.15, 0.2) is 30.5 Å². The Bertz CT molecular complexity index is 637. The minimum Gasteiger partial charge on any atom is -0.394 e. The van der Waals surface area contributed by atoms with E-state index >= 15 is 0 Å². The third-order valence-electron chi connectivity index (χ3n) is 4.05. The summed E-state index contributed by atoms with van der Waals surface area (Å²) < 4.78 is 5.48. The van der Waals surface area contributed by atoms with Crippen molar-refractivity contribution in [3.63, 3.8) is 0 Å². The predicted octanol–water partition coefficient (Wildman–Crippen LogP) is 1.32. The van der Waals surface area contributed by atoms with Gasteiger partial charge in [-0.1, -0.05) is 18.2 Å². The van der Waals surface area contributed by atoms with Gasteiger partial charge >= 0.3 is 0 Å². The summed E-state index contributed by atoms with van der Waals surface area (Å²) in [5.41, 5.74) is 2.05. The molecule has 0 bridgehead atoms. The summed E-state index contributed by atoms with van der Waals surface area (Å²) in [7, 11) is 0. The van der Waals surface area contributed by atoms with E-state index < -0.39 is 0 Å². The second-order valence-electron chi connectivity index (χ2n) is 5.57. The number of hydrogen-bond acceptors (Lipinski definition) is 3. The molecule has 2 N–H and O–H groups in total. The summed E-state index contributed by atoms with van der Waals surface area (Å²) >= 11 is 0. The Morgan fingerprint density at radius 1 is 1.48 bits per heavy atom. The third-order valence-corrected chi connectivity index (χ3v) is 4.05. The maximum absolute atomic E-state index is 12.6. The summed E-state index contributed by atoms with van der Waals surface area (Å²) in [6.45, 7) is 2.86. The molecule has 21 heavy (non-hydrogen) atoms. The normalized spacial score (nSPS) is 22.7. The number of nitrogens with one attached hydrogen (secondary N) is 1. The average Bonchev–Trinajstić information content (AvgIpc) is 2.91. The largest absolute Gasteiger partial charge is 0.394 e. The molecule has 0 aliphatic carbocycles. The molecule has 112 valence electrons. The average molecular weight is 288 g/mol. The summed E-state index contributed by atoms with van der Waals surface area (Å²) in [4.78, 5) is 17.6. The van der Waals surface area contributed by atoms with Crippen LogP contribution in [0.25, 0.3) is 10.9 Å². The van der Waals surface area contributed by atoms with Gasteiger partial charge in [0.05, 0.1) is 31.8 Å². The van der Waals surface area contributed by atoms with Crippen LogP contribution in [0.5, 0.6) is 0 Å². The molecule has 1 amide bonds. The van der Waals surface area contributed by atoms with Gasteiger partial charge in [-0.3, -0.25) is 4.79 Å². The van der Waals surface area contributed by atoms with Gasteiger partial charge in [-0.05, 0) is 18.6 Å². The van der Waals surface area contributed by atoms with Crippen LogP contribution in [0.2, 0.25) is 0 Å². The molecule has 2 heterocycles. The van der Waals surface area contributed by atoms with Crippen LogP contribution in [0.4, 0.5) is 0 Å². The van der Waals surface area contributed by atoms with E-state index in [1.165, 1.54) is 0 Å². The molecule has 2 atom stereocenters. The van der Waals surface area contributed by atoms with Gasteiger partial charge in [0.1, 0.15) is 0 Å². The van der Waals surface area contributed by atoms with Crippen LogP contribution >= 0.6 is 0 Å². The van der Waals surface area contributed by atoms with E-state index in [0.29, 0.717) is 19.6 Å². The molecule has 1 aromatic carbocycles. The Morgan fingerprint density at radius 2 is 2.29 bits per heavy atom. The van der Waals surface area contributed by atoms with Crippen LogP contribution < -0.4 is 0 Å². The fraction of sp³-hybridized carbons (Fsp3) is 0.438. The van der Waals surface area contributed by atoms with Crippen LogP contribution in [0, 0.1) is 0 Å². The van der Waals surface area contributed by atoms with Gasteiger partial charge in [0.25, 0.3) is 0 Å². The second kappa shape index (κ2) is 5.87. The molecule has 5 nitrogen and oxygen atoms in total. The molecule has 0 radical (unpaired) electrons. The zero-order valence-electron chi connectivity index (χ0n) is 12.1. The van der Waals surface area contributed by atoms with Crippen molar-refractivity contribution in [2.75, 3.05) is 19.8 Å². The van der Waals surface area contributed by atoms with E-state index in [2.05, 4.69) is 4.98 Å². The Labute approximate surface area is 123 Å². The van der Waals surface area contributed by atoms with E-state index in [1.54, 1.807) is 0 Å². The van der Waals surface area contributed by atoms with E-state index in [9.17, 15) is 9.90 Å². The molecule has 2 unspecified atom stereocenters. The molecule has 1 saturated heterocycles. The monoisotopic (exact) mass is 288 g/mol. The van der Waals surface area contributed by atoms with Crippen molar-refractivity contribution in [2.45, 2.75) is 25.5 Å². The first kappa shape index (κ1) is 14.1. The highest BCUT2D eigenvalue weighted by Gasteiger charge is 2.29. The van der Waals surface area contributed by atoms with Gasteiger partial charge in [-0.2, -0.15) is 0 Å². The van der Waals surface area contributed by atoms with Gasteiger partial charge in [0.2, 0.25) is 5.91 Å². The Hall–Kier alpha value is -1.85. The lowest BCUT2D eigenvalue weighted by atomic mass is 10.1. The smallest absolute Gasteiger partial charge is 0.227 e. The Morgan fingerprint density at radius 3 is 3.10 bits per heavy atom. The predicted molar refractivity (Wildman–Crippen MR) is 80.0 cm³/mol. The van der Waals surface area contributed by atoms with Crippen molar-refractivity contribution in [2.24, 2.45) is 0 Å². The highest BCUT2D eigenvalue weighted by molar-refractivity contribution is 5.89. The molecule has 1 aromatic heterocycles. The van der Waals surface area contributed by atoms with E-state index in [-0.39, 0.29) is 24.7 Å². The van der Waals surface area contributed by atoms with Crippen molar-refractivity contribution in [3.05, 3.63) is 36.0 Å². The highest BCUT2D eigenvalue weighted by Crippen LogP contribution is 2.20. The molecule has 1 fully saturated rings. The summed E-state index contributed by atoms with van der Waals surface area (Å²) in [5.74, 6) is 0.0778. The molecule has 3 rings (SSSR count). The van der Waals surface area contributed by atoms with Crippen LogP contribution in [-0.2, 0) is 16.0 Å². The summed E-state index contributed by atoms with van der Waals surface area (Å²) in [5, 5.41) is 10.3. The van der Waals surface area contributed by atoms with E-state index in [1.807, 2.05) is 42.3 Å². The number of ether oxygens (including phenoxy) is 1. The van der Waals surface area contributed by atoms with Gasteiger partial charge in [-0.25, -0.2) is 0 Å².